The van der Waals surface area contributed by atoms with Gasteiger partial charge in [0.1, 0.15) is 11.4 Å². The van der Waals surface area contributed by atoms with Crippen molar-refractivity contribution in [3.8, 4) is 17.0 Å². The molecule has 1 fully saturated rings. The zero-order chi connectivity index (χ0) is 18.0. The molecule has 7 heteroatoms. The largest absolute Gasteiger partial charge is 0.497 e. The highest BCUT2D eigenvalue weighted by Crippen LogP contribution is 2.29. The van der Waals surface area contributed by atoms with Crippen LogP contribution in [0, 0.1) is 5.92 Å². The number of methoxy groups -OCH3 is 1. The topological polar surface area (TPSA) is 95.5 Å². The molecule has 2 aromatic rings. The molecule has 0 radical (unpaired) electrons. The minimum atomic E-state index is -0.901. The summed E-state index contributed by atoms with van der Waals surface area (Å²) < 4.78 is 5.13. The van der Waals surface area contributed by atoms with Crippen LogP contribution < -0.4 is 4.74 Å². The first-order valence-corrected chi connectivity index (χ1v) is 8.23. The Hall–Kier alpha value is -2.83. The zero-order valence-electron chi connectivity index (χ0n) is 14.2. The number of carboxylic acid groups (broad SMARTS) is 1. The first-order chi connectivity index (χ1) is 12.0. The number of hydrogen-bond donors (Lipinski definition) is 2. The Kier molecular flexibility index (Phi) is 4.74. The van der Waals surface area contributed by atoms with Crippen LogP contribution in [-0.2, 0) is 4.79 Å². The first kappa shape index (κ1) is 17.0. The van der Waals surface area contributed by atoms with Gasteiger partial charge in [-0.2, -0.15) is 5.10 Å². The second-order valence-corrected chi connectivity index (χ2v) is 6.32. The maximum Gasteiger partial charge on any atom is 0.308 e. The molecular weight excluding hydrogens is 322 g/mol. The number of nitrogens with one attached hydrogen (secondary N) is 1. The Bertz CT molecular complexity index is 765. The average molecular weight is 343 g/mol. The summed E-state index contributed by atoms with van der Waals surface area (Å²) in [5.74, 6) is -0.962. The summed E-state index contributed by atoms with van der Waals surface area (Å²) in [6, 6.07) is 9.23. The maximum atomic E-state index is 12.8. The molecule has 1 aliphatic rings. The minimum Gasteiger partial charge on any atom is -0.497 e. The van der Waals surface area contributed by atoms with Gasteiger partial charge < -0.3 is 14.7 Å². The molecule has 0 aliphatic heterocycles. The van der Waals surface area contributed by atoms with Crippen LogP contribution in [0.3, 0.4) is 0 Å². The molecule has 0 saturated heterocycles. The quantitative estimate of drug-likeness (QED) is 0.805. The highest BCUT2D eigenvalue weighted by atomic mass is 16.5. The van der Waals surface area contributed by atoms with Gasteiger partial charge in [0.15, 0.2) is 0 Å². The van der Waals surface area contributed by atoms with Gasteiger partial charge in [0.25, 0.3) is 5.91 Å². The molecule has 25 heavy (non-hydrogen) atoms. The standard InChI is InChI=1S/C18H21N3O4/c1-11(18(23)24)10-21(13-5-6-13)17(22)16-9-15(19-20-16)12-3-7-14(25-2)8-4-12/h3-4,7-9,11,13H,5-6,10H2,1-2H3,(H,19,20)(H,23,24). The fourth-order valence-electron chi connectivity index (χ4n) is 2.65. The third-order valence-corrected chi connectivity index (χ3v) is 4.33. The van der Waals surface area contributed by atoms with Gasteiger partial charge in [-0.1, -0.05) is 6.92 Å². The van der Waals surface area contributed by atoms with E-state index in [1.165, 1.54) is 0 Å². The summed E-state index contributed by atoms with van der Waals surface area (Å²) in [4.78, 5) is 25.5. The number of carbonyl (C=O) groups is 2. The van der Waals surface area contributed by atoms with E-state index in [2.05, 4.69) is 10.2 Å². The van der Waals surface area contributed by atoms with Crippen molar-refractivity contribution in [2.24, 2.45) is 5.92 Å². The number of hydrogen-bond acceptors (Lipinski definition) is 4. The van der Waals surface area contributed by atoms with Crippen LogP contribution in [0.2, 0.25) is 0 Å². The maximum absolute atomic E-state index is 12.8. The summed E-state index contributed by atoms with van der Waals surface area (Å²) in [5.41, 5.74) is 1.90. The summed E-state index contributed by atoms with van der Waals surface area (Å²) in [7, 11) is 1.60. The number of aromatic amines is 1. The molecule has 1 aromatic carbocycles. The van der Waals surface area contributed by atoms with E-state index in [1.54, 1.807) is 25.0 Å². The summed E-state index contributed by atoms with van der Waals surface area (Å²) in [6.45, 7) is 1.82. The smallest absolute Gasteiger partial charge is 0.308 e. The summed E-state index contributed by atoms with van der Waals surface area (Å²) in [6.07, 6.45) is 1.83. The lowest BCUT2D eigenvalue weighted by molar-refractivity contribution is -0.141. The average Bonchev–Trinajstić information content (AvgIpc) is 3.34. The van der Waals surface area contributed by atoms with Crippen molar-refractivity contribution in [1.29, 1.82) is 0 Å². The Morgan fingerprint density at radius 3 is 2.60 bits per heavy atom. The molecule has 1 unspecified atom stereocenters. The van der Waals surface area contributed by atoms with Crippen molar-refractivity contribution in [2.75, 3.05) is 13.7 Å². The normalized spacial score (nSPS) is 14.8. The molecule has 0 bridgehead atoms. The van der Waals surface area contributed by atoms with Gasteiger partial charge in [0.05, 0.1) is 18.7 Å². The first-order valence-electron chi connectivity index (χ1n) is 8.23. The molecule has 1 saturated carbocycles. The molecule has 0 spiro atoms. The Morgan fingerprint density at radius 2 is 2.04 bits per heavy atom. The zero-order valence-corrected chi connectivity index (χ0v) is 14.2. The number of H-pyrrole nitrogens is 1. The van der Waals surface area contributed by atoms with Crippen LogP contribution in [0.1, 0.15) is 30.3 Å². The van der Waals surface area contributed by atoms with Crippen LogP contribution in [0.5, 0.6) is 5.75 Å². The highest BCUT2D eigenvalue weighted by molar-refractivity contribution is 5.94. The van der Waals surface area contributed by atoms with Gasteiger partial charge in [-0.05, 0) is 43.2 Å². The molecule has 1 aliphatic carbocycles. The molecule has 1 amide bonds. The van der Waals surface area contributed by atoms with E-state index in [0.29, 0.717) is 11.4 Å². The number of ether oxygens (including phenoxy) is 1. The Balaban J connectivity index is 1.77. The van der Waals surface area contributed by atoms with Gasteiger partial charge in [0, 0.05) is 18.2 Å². The van der Waals surface area contributed by atoms with E-state index in [0.717, 1.165) is 24.2 Å². The summed E-state index contributed by atoms with van der Waals surface area (Å²) in [5, 5.41) is 16.1. The van der Waals surface area contributed by atoms with E-state index in [9.17, 15) is 9.59 Å². The predicted octanol–water partition coefficient (Wildman–Crippen LogP) is 2.41. The van der Waals surface area contributed by atoms with Gasteiger partial charge >= 0.3 is 5.97 Å². The Labute approximate surface area is 145 Å². The third kappa shape index (κ3) is 3.81. The minimum absolute atomic E-state index is 0.127. The van der Waals surface area contributed by atoms with Crippen molar-refractivity contribution >= 4 is 11.9 Å². The van der Waals surface area contributed by atoms with Crippen LogP contribution in [-0.4, -0.2) is 51.8 Å². The predicted molar refractivity (Wildman–Crippen MR) is 91.4 cm³/mol. The number of carbonyl (C=O) groups excluding carboxylic acids is 1. The second-order valence-electron chi connectivity index (χ2n) is 6.32. The number of carboxylic acids is 1. The van der Waals surface area contributed by atoms with Crippen LogP contribution in [0.25, 0.3) is 11.3 Å². The Morgan fingerprint density at radius 1 is 1.36 bits per heavy atom. The van der Waals surface area contributed by atoms with E-state index in [1.807, 2.05) is 24.3 Å². The molecular formula is C18H21N3O4. The van der Waals surface area contributed by atoms with E-state index in [-0.39, 0.29) is 18.5 Å². The lowest BCUT2D eigenvalue weighted by Crippen LogP contribution is -2.38. The van der Waals surface area contributed by atoms with E-state index in [4.69, 9.17) is 9.84 Å². The molecule has 1 aromatic heterocycles. The van der Waals surface area contributed by atoms with Crippen molar-refractivity contribution in [1.82, 2.24) is 15.1 Å². The van der Waals surface area contributed by atoms with Crippen LogP contribution in [0.4, 0.5) is 0 Å². The van der Waals surface area contributed by atoms with Crippen LogP contribution >= 0.6 is 0 Å². The molecule has 1 heterocycles. The highest BCUT2D eigenvalue weighted by Gasteiger charge is 2.35. The van der Waals surface area contributed by atoms with Crippen molar-refractivity contribution in [3.05, 3.63) is 36.0 Å². The van der Waals surface area contributed by atoms with Crippen molar-refractivity contribution < 1.29 is 19.4 Å². The van der Waals surface area contributed by atoms with Crippen molar-refractivity contribution in [2.45, 2.75) is 25.8 Å². The third-order valence-electron chi connectivity index (χ3n) is 4.33. The fourth-order valence-corrected chi connectivity index (χ4v) is 2.65. The number of aliphatic carboxylic acids is 1. The summed E-state index contributed by atoms with van der Waals surface area (Å²) >= 11 is 0. The number of rotatable bonds is 7. The monoisotopic (exact) mass is 343 g/mol. The van der Waals surface area contributed by atoms with Gasteiger partial charge in [-0.15, -0.1) is 0 Å². The van der Waals surface area contributed by atoms with E-state index < -0.39 is 11.9 Å². The molecule has 7 nitrogen and oxygen atoms in total. The molecule has 132 valence electrons. The molecule has 2 N–H and O–H groups in total. The van der Waals surface area contributed by atoms with Crippen molar-refractivity contribution in [3.63, 3.8) is 0 Å². The number of amides is 1. The second kappa shape index (κ2) is 6.96. The van der Waals surface area contributed by atoms with Gasteiger partial charge in [-0.3, -0.25) is 14.7 Å². The van der Waals surface area contributed by atoms with Gasteiger partial charge in [0.2, 0.25) is 0 Å². The number of benzene rings is 1. The molecule has 3 rings (SSSR count). The lowest BCUT2D eigenvalue weighted by atomic mass is 10.1. The fraction of sp³-hybridized carbons (Fsp3) is 0.389. The SMILES string of the molecule is COc1ccc(-c2cc(C(=O)N(CC(C)C(=O)O)C3CC3)[nH]n2)cc1. The number of aromatic nitrogens is 2. The van der Waals surface area contributed by atoms with Gasteiger partial charge in [-0.25, -0.2) is 0 Å². The van der Waals surface area contributed by atoms with Crippen LogP contribution in [0.15, 0.2) is 30.3 Å². The van der Waals surface area contributed by atoms with E-state index >= 15 is 0 Å². The number of nitrogens with zero attached hydrogens (tertiary/aromatic N) is 2. The lowest BCUT2D eigenvalue weighted by Gasteiger charge is -2.23. The molecule has 1 atom stereocenters.